The van der Waals surface area contributed by atoms with Crippen LogP contribution >= 0.6 is 11.8 Å². The predicted molar refractivity (Wildman–Crippen MR) is 87.3 cm³/mol. The Morgan fingerprint density at radius 1 is 1.25 bits per heavy atom. The van der Waals surface area contributed by atoms with Crippen molar-refractivity contribution in [1.82, 2.24) is 19.8 Å². The van der Waals surface area contributed by atoms with Crippen LogP contribution in [-0.2, 0) is 5.75 Å². The highest BCUT2D eigenvalue weighted by Crippen LogP contribution is 2.24. The Morgan fingerprint density at radius 2 is 2.17 bits per heavy atom. The van der Waals surface area contributed by atoms with Gasteiger partial charge in [0.25, 0.3) is 5.56 Å². The molecule has 8 heteroatoms. The highest BCUT2D eigenvalue weighted by atomic mass is 32.2. The Labute approximate surface area is 139 Å². The van der Waals surface area contributed by atoms with Crippen molar-refractivity contribution in [3.05, 3.63) is 70.5 Å². The van der Waals surface area contributed by atoms with Crippen LogP contribution in [0.5, 0.6) is 0 Å². The first kappa shape index (κ1) is 14.7. The molecule has 3 heterocycles. The van der Waals surface area contributed by atoms with Crippen LogP contribution in [0.2, 0.25) is 0 Å². The quantitative estimate of drug-likeness (QED) is 0.577. The van der Waals surface area contributed by atoms with E-state index in [-0.39, 0.29) is 11.4 Å². The number of fused-ring (bicyclic) bond motifs is 1. The molecule has 0 spiro atoms. The second-order valence-electron chi connectivity index (χ2n) is 5.06. The maximum absolute atomic E-state index is 13.3. The molecule has 4 aromatic rings. The number of benzene rings is 1. The van der Waals surface area contributed by atoms with Gasteiger partial charge in [0.05, 0.1) is 6.26 Å². The molecule has 0 fully saturated rings. The molecule has 0 aliphatic rings. The first-order valence-electron chi connectivity index (χ1n) is 7.10. The molecule has 6 nitrogen and oxygen atoms in total. The number of H-pyrrole nitrogens is 1. The van der Waals surface area contributed by atoms with Crippen LogP contribution in [-0.4, -0.2) is 19.8 Å². The number of hydrogen-bond acceptors (Lipinski definition) is 5. The zero-order valence-corrected chi connectivity index (χ0v) is 13.1. The maximum Gasteiger partial charge on any atom is 0.290 e. The number of furan rings is 1. The number of aromatic amines is 1. The zero-order chi connectivity index (χ0) is 16.5. The molecule has 0 unspecified atom stereocenters. The number of thioether (sulfide) groups is 1. The smallest absolute Gasteiger partial charge is 0.290 e. The van der Waals surface area contributed by atoms with Gasteiger partial charge < -0.3 is 4.42 Å². The van der Waals surface area contributed by atoms with Crippen LogP contribution in [0.4, 0.5) is 4.39 Å². The number of halogens is 1. The average molecular weight is 342 g/mol. The van der Waals surface area contributed by atoms with Gasteiger partial charge in [0.2, 0.25) is 5.16 Å². The third-order valence-corrected chi connectivity index (χ3v) is 4.41. The van der Waals surface area contributed by atoms with Crippen molar-refractivity contribution in [2.24, 2.45) is 0 Å². The van der Waals surface area contributed by atoms with Crippen LogP contribution in [0, 0.1) is 5.82 Å². The SMILES string of the molecule is O=c1[nH]nc(SCc2cccc(F)c2)n2nc(-c3ccco3)cc12. The molecular weight excluding hydrogens is 331 g/mol. The molecule has 0 radical (unpaired) electrons. The lowest BCUT2D eigenvalue weighted by atomic mass is 10.2. The fraction of sp³-hybridized carbons (Fsp3) is 0.0625. The second-order valence-corrected chi connectivity index (χ2v) is 6.00. The van der Waals surface area contributed by atoms with E-state index >= 15 is 0 Å². The largest absolute Gasteiger partial charge is 0.463 e. The lowest BCUT2D eigenvalue weighted by Crippen LogP contribution is -2.13. The fourth-order valence-electron chi connectivity index (χ4n) is 2.30. The molecule has 0 saturated heterocycles. The molecule has 3 aromatic heterocycles. The number of rotatable bonds is 4. The number of hydrogen-bond donors (Lipinski definition) is 1. The van der Waals surface area contributed by atoms with Gasteiger partial charge in [-0.15, -0.1) is 5.10 Å². The minimum Gasteiger partial charge on any atom is -0.463 e. The Kier molecular flexibility index (Phi) is 3.66. The lowest BCUT2D eigenvalue weighted by Gasteiger charge is -2.03. The van der Waals surface area contributed by atoms with E-state index in [1.54, 1.807) is 30.5 Å². The molecule has 0 atom stereocenters. The van der Waals surface area contributed by atoms with Crippen molar-refractivity contribution >= 4 is 17.3 Å². The van der Waals surface area contributed by atoms with Crippen LogP contribution in [0.1, 0.15) is 5.56 Å². The summed E-state index contributed by atoms with van der Waals surface area (Å²) < 4.78 is 20.0. The summed E-state index contributed by atoms with van der Waals surface area (Å²) in [6.45, 7) is 0. The number of nitrogens with zero attached hydrogens (tertiary/aromatic N) is 3. The summed E-state index contributed by atoms with van der Waals surface area (Å²) in [4.78, 5) is 12.0. The van der Waals surface area contributed by atoms with Crippen molar-refractivity contribution in [2.75, 3.05) is 0 Å². The van der Waals surface area contributed by atoms with Crippen molar-refractivity contribution in [3.8, 4) is 11.5 Å². The van der Waals surface area contributed by atoms with Gasteiger partial charge in [0, 0.05) is 11.8 Å². The molecule has 4 rings (SSSR count). The normalized spacial score (nSPS) is 11.2. The van der Waals surface area contributed by atoms with E-state index in [1.807, 2.05) is 6.07 Å². The van der Waals surface area contributed by atoms with Gasteiger partial charge in [-0.25, -0.2) is 14.0 Å². The zero-order valence-electron chi connectivity index (χ0n) is 12.3. The van der Waals surface area contributed by atoms with Crippen molar-refractivity contribution in [1.29, 1.82) is 0 Å². The van der Waals surface area contributed by atoms with Gasteiger partial charge in [0.1, 0.15) is 17.0 Å². The summed E-state index contributed by atoms with van der Waals surface area (Å²) in [5.74, 6) is 0.785. The molecule has 120 valence electrons. The summed E-state index contributed by atoms with van der Waals surface area (Å²) in [5.41, 5.74) is 1.40. The molecule has 24 heavy (non-hydrogen) atoms. The summed E-state index contributed by atoms with van der Waals surface area (Å²) in [6.07, 6.45) is 1.54. The summed E-state index contributed by atoms with van der Waals surface area (Å²) in [6, 6.07) is 11.5. The van der Waals surface area contributed by atoms with Gasteiger partial charge in [-0.3, -0.25) is 4.79 Å². The van der Waals surface area contributed by atoms with E-state index in [2.05, 4.69) is 15.3 Å². The second kappa shape index (κ2) is 5.97. The lowest BCUT2D eigenvalue weighted by molar-refractivity contribution is 0.578. The van der Waals surface area contributed by atoms with Crippen LogP contribution < -0.4 is 5.56 Å². The molecule has 0 bridgehead atoms. The predicted octanol–water partition coefficient (Wildman–Crippen LogP) is 3.11. The van der Waals surface area contributed by atoms with Crippen molar-refractivity contribution in [2.45, 2.75) is 10.9 Å². The number of nitrogens with one attached hydrogen (secondary N) is 1. The van der Waals surface area contributed by atoms with E-state index in [0.29, 0.717) is 27.9 Å². The van der Waals surface area contributed by atoms with Gasteiger partial charge in [0.15, 0.2) is 5.76 Å². The Balaban J connectivity index is 1.70. The van der Waals surface area contributed by atoms with Gasteiger partial charge >= 0.3 is 0 Å². The molecule has 0 aliphatic carbocycles. The van der Waals surface area contributed by atoms with Crippen molar-refractivity contribution < 1.29 is 8.81 Å². The Hall–Kier alpha value is -2.87. The van der Waals surface area contributed by atoms with E-state index in [9.17, 15) is 9.18 Å². The molecule has 0 amide bonds. The summed E-state index contributed by atoms with van der Waals surface area (Å²) in [7, 11) is 0. The minimum atomic E-state index is -0.338. The van der Waals surface area contributed by atoms with E-state index in [1.165, 1.54) is 28.4 Å². The molecule has 1 N–H and O–H groups in total. The topological polar surface area (TPSA) is 76.2 Å². The highest BCUT2D eigenvalue weighted by molar-refractivity contribution is 7.98. The third-order valence-electron chi connectivity index (χ3n) is 3.41. The van der Waals surface area contributed by atoms with E-state index in [4.69, 9.17) is 4.42 Å². The highest BCUT2D eigenvalue weighted by Gasteiger charge is 2.13. The minimum absolute atomic E-state index is 0.285. The fourth-order valence-corrected chi connectivity index (χ4v) is 3.15. The molecule has 0 saturated carbocycles. The van der Waals surface area contributed by atoms with E-state index < -0.39 is 0 Å². The average Bonchev–Trinajstić information content (AvgIpc) is 3.24. The third kappa shape index (κ3) is 2.71. The van der Waals surface area contributed by atoms with Crippen LogP contribution in [0.25, 0.3) is 17.0 Å². The molecular formula is C16H11FN4O2S. The van der Waals surface area contributed by atoms with Gasteiger partial charge in [-0.2, -0.15) is 5.10 Å². The molecule has 0 aliphatic heterocycles. The van der Waals surface area contributed by atoms with Crippen LogP contribution in [0.3, 0.4) is 0 Å². The Bertz CT molecular complexity index is 1060. The first-order chi connectivity index (χ1) is 11.7. The summed E-state index contributed by atoms with van der Waals surface area (Å²) >= 11 is 1.35. The van der Waals surface area contributed by atoms with Crippen LogP contribution in [0.15, 0.2) is 63.1 Å². The maximum atomic E-state index is 13.3. The standard InChI is InChI=1S/C16H11FN4O2S/c17-11-4-1-3-10(7-11)9-24-16-19-18-15(22)13-8-12(20-21(13)16)14-5-2-6-23-14/h1-8H,9H2,(H,18,22). The monoisotopic (exact) mass is 342 g/mol. The van der Waals surface area contributed by atoms with Gasteiger partial charge in [-0.1, -0.05) is 23.9 Å². The van der Waals surface area contributed by atoms with Gasteiger partial charge in [-0.05, 0) is 29.8 Å². The summed E-state index contributed by atoms with van der Waals surface area (Å²) in [5, 5.41) is 11.4. The first-order valence-corrected chi connectivity index (χ1v) is 8.09. The molecule has 1 aromatic carbocycles. The van der Waals surface area contributed by atoms with Crippen molar-refractivity contribution in [3.63, 3.8) is 0 Å². The van der Waals surface area contributed by atoms with E-state index in [0.717, 1.165) is 5.56 Å². The Morgan fingerprint density at radius 3 is 2.96 bits per heavy atom. The number of aromatic nitrogens is 4.